The lowest BCUT2D eigenvalue weighted by atomic mass is 10.0. The van der Waals surface area contributed by atoms with Crippen LogP contribution < -0.4 is 27.4 Å². The molecule has 13 nitrogen and oxygen atoms in total. The number of phenolic OH excluding ortho intramolecular Hbond substituents is 1. The summed E-state index contributed by atoms with van der Waals surface area (Å²) >= 11 is 0. The second kappa shape index (κ2) is 14.4. The fourth-order valence-electron chi connectivity index (χ4n) is 3.64. The molecule has 0 spiro atoms. The van der Waals surface area contributed by atoms with Gasteiger partial charge in [0.15, 0.2) is 0 Å². The van der Waals surface area contributed by atoms with Crippen LogP contribution in [-0.2, 0) is 36.8 Å². The molecule has 0 heterocycles. The van der Waals surface area contributed by atoms with Crippen molar-refractivity contribution >= 4 is 29.6 Å². The normalized spacial score (nSPS) is 14.6. The van der Waals surface area contributed by atoms with Gasteiger partial charge < -0.3 is 42.7 Å². The van der Waals surface area contributed by atoms with Crippen LogP contribution in [0.1, 0.15) is 24.5 Å². The molecule has 0 saturated heterocycles. The molecule has 10 N–H and O–H groups in total. The average Bonchev–Trinajstić information content (AvgIpc) is 2.87. The highest BCUT2D eigenvalue weighted by Crippen LogP contribution is 2.11. The van der Waals surface area contributed by atoms with Gasteiger partial charge in [0.25, 0.3) is 0 Å². The Labute approximate surface area is 224 Å². The Balaban J connectivity index is 2.18. The van der Waals surface area contributed by atoms with Gasteiger partial charge >= 0.3 is 5.97 Å². The maximum Gasteiger partial charge on any atom is 0.326 e. The highest BCUT2D eigenvalue weighted by Gasteiger charge is 2.33. The molecule has 5 unspecified atom stereocenters. The monoisotopic (exact) mass is 543 g/mol. The van der Waals surface area contributed by atoms with Crippen LogP contribution >= 0.6 is 0 Å². The fraction of sp³-hybridized carbons (Fsp3) is 0.346. The number of aliphatic carboxylic acids is 1. The lowest BCUT2D eigenvalue weighted by Crippen LogP contribution is -2.60. The van der Waals surface area contributed by atoms with Crippen molar-refractivity contribution in [2.45, 2.75) is 56.5 Å². The molecule has 13 heteroatoms. The number of aliphatic hydroxyl groups is 1. The summed E-state index contributed by atoms with van der Waals surface area (Å²) in [5.41, 5.74) is 12.3. The minimum absolute atomic E-state index is 0.0426. The number of hydrogen-bond donors (Lipinski definition) is 8. The number of aliphatic hydroxyl groups excluding tert-OH is 1. The van der Waals surface area contributed by atoms with Gasteiger partial charge in [0.2, 0.25) is 23.6 Å². The predicted molar refractivity (Wildman–Crippen MR) is 139 cm³/mol. The molecule has 2 rings (SSSR count). The minimum atomic E-state index is -1.63. The summed E-state index contributed by atoms with van der Waals surface area (Å²) in [6.07, 6.45) is -2.05. The van der Waals surface area contributed by atoms with E-state index in [9.17, 15) is 39.3 Å². The van der Waals surface area contributed by atoms with Crippen LogP contribution in [0.15, 0.2) is 54.6 Å². The summed E-state index contributed by atoms with van der Waals surface area (Å²) in [5.74, 6) is -4.99. The molecule has 0 saturated carbocycles. The number of hydrogen-bond acceptors (Lipinski definition) is 8. The first-order valence-electron chi connectivity index (χ1n) is 12.0. The highest BCUT2D eigenvalue weighted by molar-refractivity contribution is 5.95. The largest absolute Gasteiger partial charge is 0.508 e. The van der Waals surface area contributed by atoms with Crippen molar-refractivity contribution in [2.24, 2.45) is 11.5 Å². The molecule has 2 aromatic carbocycles. The molecule has 4 amide bonds. The second-order valence-electron chi connectivity index (χ2n) is 9.02. The van der Waals surface area contributed by atoms with Crippen LogP contribution in [0.5, 0.6) is 5.75 Å². The number of carboxylic acid groups (broad SMARTS) is 1. The number of benzene rings is 2. The number of nitrogens with one attached hydrogen (secondary N) is 3. The lowest BCUT2D eigenvalue weighted by Gasteiger charge is -2.26. The van der Waals surface area contributed by atoms with E-state index in [1.165, 1.54) is 19.1 Å². The van der Waals surface area contributed by atoms with Gasteiger partial charge in [0.1, 0.15) is 23.9 Å². The van der Waals surface area contributed by atoms with Gasteiger partial charge in [-0.3, -0.25) is 19.2 Å². The van der Waals surface area contributed by atoms with Crippen molar-refractivity contribution in [2.75, 3.05) is 0 Å². The Morgan fingerprint density at radius 1 is 0.795 bits per heavy atom. The van der Waals surface area contributed by atoms with Crippen molar-refractivity contribution in [1.29, 1.82) is 0 Å². The number of rotatable bonds is 14. The van der Waals surface area contributed by atoms with Gasteiger partial charge in [0, 0.05) is 6.42 Å². The molecule has 0 aliphatic carbocycles. The van der Waals surface area contributed by atoms with E-state index in [4.69, 9.17) is 11.5 Å². The first-order chi connectivity index (χ1) is 18.4. The third-order valence-electron chi connectivity index (χ3n) is 5.73. The van der Waals surface area contributed by atoms with Gasteiger partial charge in [-0.15, -0.1) is 0 Å². The highest BCUT2D eigenvalue weighted by atomic mass is 16.4. The Hall–Kier alpha value is -4.49. The smallest absolute Gasteiger partial charge is 0.326 e. The third-order valence-corrected chi connectivity index (χ3v) is 5.73. The number of carbonyl (C=O) groups is 5. The molecule has 210 valence electrons. The number of nitrogens with two attached hydrogens (primary N) is 2. The molecule has 0 aliphatic rings. The maximum atomic E-state index is 13.1. The SMILES string of the molecule is CC(O)C(NC(=O)C(N)Cc1ccc(O)cc1)C(=O)NC(Cc1ccccc1)C(=O)NC(CC(N)=O)C(=O)O. The van der Waals surface area contributed by atoms with Crippen LogP contribution in [-0.4, -0.2) is 75.2 Å². The summed E-state index contributed by atoms with van der Waals surface area (Å²) < 4.78 is 0. The molecular formula is C26H33N5O8. The number of carboxylic acids is 1. The van der Waals surface area contributed by atoms with Crippen LogP contribution in [0.2, 0.25) is 0 Å². The number of carbonyl (C=O) groups excluding carboxylic acids is 4. The summed E-state index contributed by atoms with van der Waals surface area (Å²) in [7, 11) is 0. The lowest BCUT2D eigenvalue weighted by molar-refractivity contribution is -0.143. The van der Waals surface area contributed by atoms with Gasteiger partial charge in [-0.05, 0) is 36.6 Å². The standard InChI is InChI=1S/C26H33N5O8/c1-14(32)22(31-23(35)18(27)11-16-7-9-17(33)10-8-16)25(37)29-19(12-15-5-3-2-4-6-15)24(36)30-20(26(38)39)13-21(28)34/h2-10,14,18-20,22,32-33H,11-13,27H2,1H3,(H2,28,34)(H,29,37)(H,30,36)(H,31,35)(H,38,39). The Kier molecular flexibility index (Phi) is 11.4. The molecule has 0 aliphatic heterocycles. The second-order valence-corrected chi connectivity index (χ2v) is 9.02. The quantitative estimate of drug-likeness (QED) is 0.135. The molecule has 0 bridgehead atoms. The van der Waals surface area contributed by atoms with Crippen molar-refractivity contribution in [3.05, 3.63) is 65.7 Å². The predicted octanol–water partition coefficient (Wildman–Crippen LogP) is -1.70. The van der Waals surface area contributed by atoms with Crippen molar-refractivity contribution in [3.63, 3.8) is 0 Å². The summed E-state index contributed by atoms with van der Waals surface area (Å²) in [6.45, 7) is 1.26. The summed E-state index contributed by atoms with van der Waals surface area (Å²) in [6, 6.07) is 8.97. The zero-order chi connectivity index (χ0) is 29.1. The average molecular weight is 544 g/mol. The van der Waals surface area contributed by atoms with E-state index in [-0.39, 0.29) is 18.6 Å². The Bertz CT molecular complexity index is 1160. The van der Waals surface area contributed by atoms with Crippen molar-refractivity contribution < 1.29 is 39.3 Å². The first-order valence-corrected chi connectivity index (χ1v) is 12.0. The van der Waals surface area contributed by atoms with Gasteiger partial charge in [-0.25, -0.2) is 4.79 Å². The minimum Gasteiger partial charge on any atom is -0.508 e. The zero-order valence-electron chi connectivity index (χ0n) is 21.2. The van der Waals surface area contributed by atoms with E-state index < -0.39 is 66.3 Å². The van der Waals surface area contributed by atoms with Gasteiger partial charge in [-0.1, -0.05) is 42.5 Å². The molecule has 39 heavy (non-hydrogen) atoms. The zero-order valence-corrected chi connectivity index (χ0v) is 21.2. The topological polar surface area (TPSA) is 234 Å². The summed E-state index contributed by atoms with van der Waals surface area (Å²) in [4.78, 5) is 61.5. The fourth-order valence-corrected chi connectivity index (χ4v) is 3.64. The van der Waals surface area contributed by atoms with E-state index in [0.717, 1.165) is 0 Å². The summed E-state index contributed by atoms with van der Waals surface area (Å²) in [5, 5.41) is 36.0. The van der Waals surface area contributed by atoms with E-state index in [0.29, 0.717) is 11.1 Å². The number of amides is 4. The molecule has 0 aromatic heterocycles. The first kappa shape index (κ1) is 30.7. The van der Waals surface area contributed by atoms with Crippen LogP contribution in [0.25, 0.3) is 0 Å². The molecule has 2 aromatic rings. The van der Waals surface area contributed by atoms with Gasteiger partial charge in [0.05, 0.1) is 18.6 Å². The van der Waals surface area contributed by atoms with Crippen molar-refractivity contribution in [1.82, 2.24) is 16.0 Å². The molecule has 5 atom stereocenters. The number of phenols is 1. The Morgan fingerprint density at radius 3 is 1.90 bits per heavy atom. The molecule has 0 fully saturated rings. The van der Waals surface area contributed by atoms with E-state index >= 15 is 0 Å². The molecular weight excluding hydrogens is 510 g/mol. The Morgan fingerprint density at radius 2 is 1.36 bits per heavy atom. The van der Waals surface area contributed by atoms with E-state index in [1.54, 1.807) is 42.5 Å². The maximum absolute atomic E-state index is 13.1. The van der Waals surface area contributed by atoms with Gasteiger partial charge in [-0.2, -0.15) is 0 Å². The number of primary amides is 1. The number of aromatic hydroxyl groups is 1. The van der Waals surface area contributed by atoms with Crippen LogP contribution in [0, 0.1) is 0 Å². The third kappa shape index (κ3) is 10.1. The van der Waals surface area contributed by atoms with E-state index in [2.05, 4.69) is 16.0 Å². The van der Waals surface area contributed by atoms with Crippen molar-refractivity contribution in [3.8, 4) is 5.75 Å². The van der Waals surface area contributed by atoms with Crippen LogP contribution in [0.3, 0.4) is 0 Å². The van der Waals surface area contributed by atoms with Crippen LogP contribution in [0.4, 0.5) is 0 Å². The van der Waals surface area contributed by atoms with E-state index in [1.807, 2.05) is 0 Å². The molecule has 0 radical (unpaired) electrons.